The fourth-order valence-corrected chi connectivity index (χ4v) is 6.37. The van der Waals surface area contributed by atoms with E-state index < -0.39 is 0 Å². The van der Waals surface area contributed by atoms with Gasteiger partial charge in [-0.3, -0.25) is 24.1 Å². The summed E-state index contributed by atoms with van der Waals surface area (Å²) in [6.45, 7) is 12.8. The molecule has 0 spiro atoms. The summed E-state index contributed by atoms with van der Waals surface area (Å²) < 4.78 is 3.48. The molecule has 11 heteroatoms. The number of carbonyl (C=O) groups excluding carboxylic acids is 1. The molecule has 2 N–H and O–H groups in total. The highest BCUT2D eigenvalue weighted by molar-refractivity contribution is 6.06. The number of nitrogens with one attached hydrogen (secondary N) is 1. The van der Waals surface area contributed by atoms with Gasteiger partial charge < -0.3 is 19.9 Å². The van der Waals surface area contributed by atoms with Crippen molar-refractivity contribution in [2.45, 2.75) is 46.4 Å². The van der Waals surface area contributed by atoms with Gasteiger partial charge >= 0.3 is 0 Å². The number of amides is 1. The van der Waals surface area contributed by atoms with E-state index in [1.54, 1.807) is 30.4 Å². The zero-order valence-corrected chi connectivity index (χ0v) is 25.4. The van der Waals surface area contributed by atoms with Gasteiger partial charge in [0.05, 0.1) is 18.8 Å². The number of anilines is 3. The number of hydrogen-bond donors (Lipinski definition) is 2. The average molecular weight is 585 g/mol. The van der Waals surface area contributed by atoms with Crippen molar-refractivity contribution in [3.63, 3.8) is 0 Å². The molecule has 1 fully saturated rings. The van der Waals surface area contributed by atoms with E-state index in [1.807, 2.05) is 22.9 Å². The predicted octanol–water partition coefficient (Wildman–Crippen LogP) is 3.23. The van der Waals surface area contributed by atoms with Gasteiger partial charge in [-0.1, -0.05) is 26.0 Å². The van der Waals surface area contributed by atoms with E-state index in [2.05, 4.69) is 52.7 Å². The van der Waals surface area contributed by atoms with Crippen molar-refractivity contribution in [2.24, 2.45) is 12.5 Å². The monoisotopic (exact) mass is 584 g/mol. The molecule has 0 aliphatic carbocycles. The first-order valence-electron chi connectivity index (χ1n) is 14.8. The van der Waals surface area contributed by atoms with Crippen LogP contribution < -0.4 is 15.8 Å². The van der Waals surface area contributed by atoms with Crippen LogP contribution in [0.2, 0.25) is 0 Å². The van der Waals surface area contributed by atoms with E-state index in [9.17, 15) is 14.7 Å². The van der Waals surface area contributed by atoms with Crippen LogP contribution in [0.5, 0.6) is 0 Å². The molecule has 0 atom stereocenters. The molecule has 3 aliphatic heterocycles. The quantitative estimate of drug-likeness (QED) is 0.470. The Morgan fingerprint density at radius 3 is 2.70 bits per heavy atom. The molecule has 226 valence electrons. The molecular weight excluding hydrogens is 544 g/mol. The third-order valence-electron chi connectivity index (χ3n) is 8.70. The van der Waals surface area contributed by atoms with E-state index in [4.69, 9.17) is 0 Å². The van der Waals surface area contributed by atoms with Gasteiger partial charge in [0.2, 0.25) is 0 Å². The number of aliphatic hydroxyl groups is 1. The number of pyridine rings is 2. The van der Waals surface area contributed by atoms with Crippen LogP contribution in [-0.4, -0.2) is 73.4 Å². The van der Waals surface area contributed by atoms with Gasteiger partial charge in [0.15, 0.2) is 5.82 Å². The molecule has 0 bridgehead atoms. The fourth-order valence-electron chi connectivity index (χ4n) is 6.37. The summed E-state index contributed by atoms with van der Waals surface area (Å²) in [5, 5.41) is 18.5. The number of aryl methyl sites for hydroxylation is 1. The smallest absolute Gasteiger partial charge is 0.275 e. The Balaban J connectivity index is 1.34. The Hall–Kier alpha value is -4.22. The van der Waals surface area contributed by atoms with Crippen LogP contribution >= 0.6 is 0 Å². The second-order valence-electron chi connectivity index (χ2n) is 12.7. The van der Waals surface area contributed by atoms with Gasteiger partial charge in [-0.25, -0.2) is 4.98 Å². The van der Waals surface area contributed by atoms with E-state index in [-0.39, 0.29) is 23.5 Å². The molecule has 6 rings (SSSR count). The maximum Gasteiger partial charge on any atom is 0.275 e. The highest BCUT2D eigenvalue weighted by atomic mass is 16.3. The molecule has 0 radical (unpaired) electrons. The maximum absolute atomic E-state index is 13.9. The van der Waals surface area contributed by atoms with Crippen molar-refractivity contribution in [3.05, 3.63) is 76.1 Å². The van der Waals surface area contributed by atoms with Gasteiger partial charge in [0, 0.05) is 69.4 Å². The molecule has 0 unspecified atom stereocenters. The summed E-state index contributed by atoms with van der Waals surface area (Å²) in [7, 11) is 3.77. The lowest BCUT2D eigenvalue weighted by Gasteiger charge is -2.41. The van der Waals surface area contributed by atoms with E-state index in [0.29, 0.717) is 52.8 Å². The standard InChI is InChI=1S/C32H40N8O3/c1-21-14-27-31(43)39(12-11-38(27)9-7-32(2,3)17-21)29-25(20-41)24(6-8-33-29)22-15-26(30(42)37(5)18-22)34-28-16-23-19-36(4)10-13-40(23)35-28/h6,8,14-16,18,41H,1,7,9-13,17,19-20H2,2-5H3,(H,34,35)/b27-14-. The van der Waals surface area contributed by atoms with Crippen molar-refractivity contribution in [1.29, 1.82) is 0 Å². The first-order chi connectivity index (χ1) is 20.5. The molecule has 0 saturated carbocycles. The predicted molar refractivity (Wildman–Crippen MR) is 167 cm³/mol. The van der Waals surface area contributed by atoms with Crippen molar-refractivity contribution in [1.82, 2.24) is 29.1 Å². The summed E-state index contributed by atoms with van der Waals surface area (Å²) in [5.41, 5.74) is 4.87. The van der Waals surface area contributed by atoms with Gasteiger partial charge in [-0.2, -0.15) is 5.10 Å². The maximum atomic E-state index is 13.9. The molecule has 0 aromatic carbocycles. The number of likely N-dealkylation sites (N-methyl/N-ethyl adjacent to an activating group) is 1. The Morgan fingerprint density at radius 1 is 1.09 bits per heavy atom. The summed E-state index contributed by atoms with van der Waals surface area (Å²) in [4.78, 5) is 37.6. The SMILES string of the molecule is C=C1/C=C2/C(=O)N(c3nccc(-c4cc(Nc5cc6n(n5)CCN(C)C6)c(=O)n(C)c4)c3CO)CCN2CCC(C)(C)C1. The minimum absolute atomic E-state index is 0.122. The fraction of sp³-hybridized carbons (Fsp3) is 0.438. The Bertz CT molecular complexity index is 1680. The second kappa shape index (κ2) is 11.1. The van der Waals surface area contributed by atoms with Gasteiger partial charge in [0.1, 0.15) is 17.2 Å². The number of hydrogen-bond acceptors (Lipinski definition) is 8. The molecular formula is C32H40N8O3. The van der Waals surface area contributed by atoms with Crippen LogP contribution in [0.25, 0.3) is 11.1 Å². The molecule has 3 aromatic rings. The first kappa shape index (κ1) is 28.9. The highest BCUT2D eigenvalue weighted by Gasteiger charge is 2.35. The molecule has 1 saturated heterocycles. The van der Waals surface area contributed by atoms with Gasteiger partial charge in [-0.15, -0.1) is 0 Å². The van der Waals surface area contributed by atoms with Crippen LogP contribution in [0.3, 0.4) is 0 Å². The summed E-state index contributed by atoms with van der Waals surface area (Å²) in [5.74, 6) is 0.884. The number of fused-ring (bicyclic) bond motifs is 2. The van der Waals surface area contributed by atoms with Crippen LogP contribution in [0.15, 0.2) is 59.3 Å². The van der Waals surface area contributed by atoms with Crippen molar-refractivity contribution in [2.75, 3.05) is 43.4 Å². The van der Waals surface area contributed by atoms with E-state index in [0.717, 1.165) is 50.3 Å². The van der Waals surface area contributed by atoms with Crippen LogP contribution in [0.1, 0.15) is 37.9 Å². The Labute approximate surface area is 251 Å². The van der Waals surface area contributed by atoms with Gasteiger partial charge in [0.25, 0.3) is 11.5 Å². The third kappa shape index (κ3) is 5.62. The Morgan fingerprint density at radius 2 is 1.91 bits per heavy atom. The van der Waals surface area contributed by atoms with Crippen LogP contribution in [0, 0.1) is 5.41 Å². The molecule has 1 amide bonds. The van der Waals surface area contributed by atoms with Crippen LogP contribution in [0.4, 0.5) is 17.3 Å². The second-order valence-corrected chi connectivity index (χ2v) is 12.7. The highest BCUT2D eigenvalue weighted by Crippen LogP contribution is 2.36. The van der Waals surface area contributed by atoms with E-state index >= 15 is 0 Å². The summed E-state index contributed by atoms with van der Waals surface area (Å²) in [6.07, 6.45) is 7.09. The lowest BCUT2D eigenvalue weighted by molar-refractivity contribution is -0.118. The minimum Gasteiger partial charge on any atom is -0.392 e. The molecule has 3 aliphatic rings. The zero-order valence-electron chi connectivity index (χ0n) is 25.4. The molecule has 3 aromatic heterocycles. The molecule has 6 heterocycles. The van der Waals surface area contributed by atoms with Gasteiger partial charge in [-0.05, 0) is 49.1 Å². The average Bonchev–Trinajstić information content (AvgIpc) is 3.35. The summed E-state index contributed by atoms with van der Waals surface area (Å²) >= 11 is 0. The topological polar surface area (TPSA) is 112 Å². The Kier molecular flexibility index (Phi) is 7.47. The largest absolute Gasteiger partial charge is 0.392 e. The number of piperazine rings is 1. The number of aromatic nitrogens is 4. The van der Waals surface area contributed by atoms with E-state index in [1.165, 1.54) is 4.57 Å². The molecule has 43 heavy (non-hydrogen) atoms. The number of allylic oxidation sites excluding steroid dienone is 2. The van der Waals surface area contributed by atoms with Crippen molar-refractivity contribution in [3.8, 4) is 11.1 Å². The number of rotatable bonds is 5. The van der Waals surface area contributed by atoms with Crippen LogP contribution in [-0.2, 0) is 31.5 Å². The summed E-state index contributed by atoms with van der Waals surface area (Å²) in [6, 6.07) is 5.55. The number of aliphatic hydroxyl groups excluding tert-OH is 1. The lowest BCUT2D eigenvalue weighted by atomic mass is 9.81. The number of carbonyl (C=O) groups is 1. The minimum atomic E-state index is -0.321. The first-order valence-corrected chi connectivity index (χ1v) is 14.8. The van der Waals surface area contributed by atoms with Crippen molar-refractivity contribution < 1.29 is 9.90 Å². The zero-order chi connectivity index (χ0) is 30.5. The number of nitrogens with zero attached hydrogens (tertiary/aromatic N) is 7. The van der Waals surface area contributed by atoms with Crippen molar-refractivity contribution >= 4 is 23.2 Å². The third-order valence-corrected chi connectivity index (χ3v) is 8.70. The lowest BCUT2D eigenvalue weighted by Crippen LogP contribution is -2.50. The normalized spacial score (nSPS) is 20.2. The molecule has 11 nitrogen and oxygen atoms in total.